The number of amides is 2. The summed E-state index contributed by atoms with van der Waals surface area (Å²) in [6.07, 6.45) is 0.119. The van der Waals surface area contributed by atoms with E-state index < -0.39 is 21.2 Å². The molecule has 1 aromatic carbocycles. The number of thioether (sulfide) groups is 1. The fourth-order valence-electron chi connectivity index (χ4n) is 3.10. The van der Waals surface area contributed by atoms with Gasteiger partial charge in [-0.05, 0) is 38.5 Å². The van der Waals surface area contributed by atoms with Crippen LogP contribution in [0.5, 0.6) is 0 Å². The molecule has 2 heterocycles. The van der Waals surface area contributed by atoms with E-state index in [0.29, 0.717) is 41.9 Å². The van der Waals surface area contributed by atoms with E-state index in [-0.39, 0.29) is 17.2 Å². The van der Waals surface area contributed by atoms with E-state index in [2.05, 4.69) is 10.3 Å². The summed E-state index contributed by atoms with van der Waals surface area (Å²) in [7, 11) is -3.68. The Balaban J connectivity index is 1.71. The van der Waals surface area contributed by atoms with Crippen molar-refractivity contribution in [1.29, 1.82) is 0 Å². The predicted octanol–water partition coefficient (Wildman–Crippen LogP) is 1.93. The number of anilines is 1. The van der Waals surface area contributed by atoms with Gasteiger partial charge < -0.3 is 15.8 Å². The van der Waals surface area contributed by atoms with Crippen molar-refractivity contribution in [3.8, 4) is 0 Å². The first-order valence-electron chi connectivity index (χ1n) is 9.98. The molecule has 1 saturated heterocycles. The van der Waals surface area contributed by atoms with Gasteiger partial charge in [0.05, 0.1) is 35.5 Å². The number of thiazole rings is 1. The number of carbonyl (C=O) groups excluding carboxylic acids is 2. The van der Waals surface area contributed by atoms with Crippen molar-refractivity contribution in [3.05, 3.63) is 34.3 Å². The third-order valence-electron chi connectivity index (χ3n) is 4.90. The van der Waals surface area contributed by atoms with Crippen LogP contribution in [0.15, 0.2) is 27.4 Å². The van der Waals surface area contributed by atoms with Crippen LogP contribution < -0.4 is 11.1 Å². The van der Waals surface area contributed by atoms with E-state index in [9.17, 15) is 18.0 Å². The van der Waals surface area contributed by atoms with Crippen molar-refractivity contribution >= 4 is 50.6 Å². The maximum absolute atomic E-state index is 13.0. The first-order chi connectivity index (χ1) is 15.1. The molecule has 32 heavy (non-hydrogen) atoms. The molecule has 174 valence electrons. The van der Waals surface area contributed by atoms with E-state index in [4.69, 9.17) is 10.5 Å². The monoisotopic (exact) mass is 498 g/mol. The van der Waals surface area contributed by atoms with Gasteiger partial charge in [0.1, 0.15) is 0 Å². The predicted molar refractivity (Wildman–Crippen MR) is 124 cm³/mol. The lowest BCUT2D eigenvalue weighted by Crippen LogP contribution is -2.40. The zero-order valence-electron chi connectivity index (χ0n) is 18.1. The molecule has 0 unspecified atom stereocenters. The Hall–Kier alpha value is -1.99. The standard InChI is InChI=1S/C20H26N4O5S3/c1-12-4-5-15(10-17(12)32(27,28)24-6-8-29-9-7-24)23-19(26)14(3)30-20-22-13(2)16(31-20)11-18(21)25/h4-5,10,14H,6-9,11H2,1-3H3,(H2,21,25)(H,23,26)/t14-/m1/s1. The summed E-state index contributed by atoms with van der Waals surface area (Å²) in [6.45, 7) is 6.60. The van der Waals surface area contributed by atoms with E-state index in [1.165, 1.54) is 33.5 Å². The highest BCUT2D eigenvalue weighted by Gasteiger charge is 2.28. The molecule has 1 aliphatic heterocycles. The first kappa shape index (κ1) is 24.6. The Morgan fingerprint density at radius 3 is 2.66 bits per heavy atom. The number of nitrogens with zero attached hydrogens (tertiary/aromatic N) is 2. The van der Waals surface area contributed by atoms with Crippen LogP contribution in [0.2, 0.25) is 0 Å². The third kappa shape index (κ3) is 5.87. The molecule has 1 atom stereocenters. The zero-order chi connectivity index (χ0) is 23.5. The van der Waals surface area contributed by atoms with Crippen molar-refractivity contribution in [2.24, 2.45) is 5.73 Å². The van der Waals surface area contributed by atoms with Gasteiger partial charge in [-0.15, -0.1) is 11.3 Å². The van der Waals surface area contributed by atoms with E-state index in [1.807, 2.05) is 0 Å². The molecule has 2 amide bonds. The molecule has 1 fully saturated rings. The van der Waals surface area contributed by atoms with E-state index >= 15 is 0 Å². The molecule has 3 N–H and O–H groups in total. The molecule has 0 bridgehead atoms. The van der Waals surface area contributed by atoms with Gasteiger partial charge >= 0.3 is 0 Å². The quantitative estimate of drug-likeness (QED) is 0.532. The molecule has 1 aromatic heterocycles. The number of hydrogen-bond acceptors (Lipinski definition) is 8. The van der Waals surface area contributed by atoms with Crippen molar-refractivity contribution < 1.29 is 22.7 Å². The fourth-order valence-corrected chi connectivity index (χ4v) is 7.15. The Labute approximate surface area is 195 Å². The number of ether oxygens (including phenoxy) is 1. The van der Waals surface area contributed by atoms with Crippen LogP contribution in [0.25, 0.3) is 0 Å². The summed E-state index contributed by atoms with van der Waals surface area (Å²) in [5.74, 6) is -0.709. The molecule has 12 heteroatoms. The highest BCUT2D eigenvalue weighted by Crippen LogP contribution is 2.31. The number of sulfonamides is 1. The van der Waals surface area contributed by atoms with Crippen molar-refractivity contribution in [2.45, 2.75) is 41.7 Å². The Morgan fingerprint density at radius 1 is 1.31 bits per heavy atom. The number of primary amides is 1. The van der Waals surface area contributed by atoms with Crippen LogP contribution >= 0.6 is 23.1 Å². The lowest BCUT2D eigenvalue weighted by atomic mass is 10.2. The summed E-state index contributed by atoms with van der Waals surface area (Å²) in [4.78, 5) is 29.2. The molecule has 0 aliphatic carbocycles. The zero-order valence-corrected chi connectivity index (χ0v) is 20.5. The second-order valence-electron chi connectivity index (χ2n) is 7.38. The normalized spacial score (nSPS) is 16.0. The Kier molecular flexibility index (Phi) is 7.93. The molecule has 0 radical (unpaired) electrons. The Morgan fingerprint density at radius 2 is 2.00 bits per heavy atom. The molecular formula is C20H26N4O5S3. The summed E-state index contributed by atoms with van der Waals surface area (Å²) < 4.78 is 33.4. The summed E-state index contributed by atoms with van der Waals surface area (Å²) in [5, 5.41) is 2.31. The number of nitrogens with one attached hydrogen (secondary N) is 1. The molecule has 0 spiro atoms. The highest BCUT2D eigenvalue weighted by molar-refractivity contribution is 8.02. The molecule has 3 rings (SSSR count). The minimum atomic E-state index is -3.68. The summed E-state index contributed by atoms with van der Waals surface area (Å²) >= 11 is 2.61. The van der Waals surface area contributed by atoms with E-state index in [0.717, 1.165) is 10.6 Å². The molecule has 1 aliphatic rings. The lowest BCUT2D eigenvalue weighted by molar-refractivity contribution is -0.117. The molecule has 0 saturated carbocycles. The van der Waals surface area contributed by atoms with Crippen molar-refractivity contribution in [1.82, 2.24) is 9.29 Å². The van der Waals surface area contributed by atoms with Gasteiger partial charge in [0.25, 0.3) is 0 Å². The van der Waals surface area contributed by atoms with Gasteiger partial charge in [0, 0.05) is 23.7 Å². The minimum absolute atomic E-state index is 0.119. The SMILES string of the molecule is Cc1ccc(NC(=O)[C@@H](C)Sc2nc(C)c(CC(N)=O)s2)cc1S(=O)(=O)N1CCOCC1. The number of aryl methyl sites for hydroxylation is 2. The van der Waals surface area contributed by atoms with Crippen LogP contribution in [0.1, 0.15) is 23.1 Å². The molecule has 2 aromatic rings. The molecular weight excluding hydrogens is 472 g/mol. The van der Waals surface area contributed by atoms with Gasteiger partial charge in [-0.1, -0.05) is 17.8 Å². The minimum Gasteiger partial charge on any atom is -0.379 e. The molecule has 9 nitrogen and oxygen atoms in total. The van der Waals surface area contributed by atoms with Gasteiger partial charge in [-0.25, -0.2) is 13.4 Å². The maximum atomic E-state index is 13.0. The largest absolute Gasteiger partial charge is 0.379 e. The lowest BCUT2D eigenvalue weighted by Gasteiger charge is -2.27. The van der Waals surface area contributed by atoms with E-state index in [1.54, 1.807) is 32.9 Å². The summed E-state index contributed by atoms with van der Waals surface area (Å²) in [6, 6.07) is 4.86. The van der Waals surface area contributed by atoms with Crippen molar-refractivity contribution in [2.75, 3.05) is 31.6 Å². The fraction of sp³-hybridized carbons (Fsp3) is 0.450. The number of morpholine rings is 1. The number of carbonyl (C=O) groups is 2. The number of nitrogens with two attached hydrogens (primary N) is 1. The maximum Gasteiger partial charge on any atom is 0.243 e. The smallest absolute Gasteiger partial charge is 0.243 e. The van der Waals surface area contributed by atoms with Gasteiger partial charge in [0.2, 0.25) is 21.8 Å². The number of benzene rings is 1. The first-order valence-corrected chi connectivity index (χ1v) is 13.1. The number of hydrogen-bond donors (Lipinski definition) is 2. The number of rotatable bonds is 8. The average Bonchev–Trinajstić information content (AvgIpc) is 3.07. The van der Waals surface area contributed by atoms with Crippen LogP contribution in [0.3, 0.4) is 0 Å². The summed E-state index contributed by atoms with van der Waals surface area (Å²) in [5.41, 5.74) is 6.99. The van der Waals surface area contributed by atoms with Crippen LogP contribution in [-0.2, 0) is 30.8 Å². The highest BCUT2D eigenvalue weighted by atomic mass is 32.2. The van der Waals surface area contributed by atoms with Crippen molar-refractivity contribution in [3.63, 3.8) is 0 Å². The second-order valence-corrected chi connectivity index (χ2v) is 12.0. The van der Waals surface area contributed by atoms with Crippen LogP contribution in [0, 0.1) is 13.8 Å². The van der Waals surface area contributed by atoms with Gasteiger partial charge in [-0.2, -0.15) is 4.31 Å². The van der Waals surface area contributed by atoms with Gasteiger partial charge in [0.15, 0.2) is 4.34 Å². The Bertz CT molecular complexity index is 1110. The van der Waals surface area contributed by atoms with Gasteiger partial charge in [-0.3, -0.25) is 9.59 Å². The number of aromatic nitrogens is 1. The van der Waals surface area contributed by atoms with Crippen LogP contribution in [-0.4, -0.2) is 61.1 Å². The topological polar surface area (TPSA) is 132 Å². The van der Waals surface area contributed by atoms with Crippen LogP contribution in [0.4, 0.5) is 5.69 Å². The average molecular weight is 499 g/mol. The third-order valence-corrected chi connectivity index (χ3v) is 9.29. The second kappa shape index (κ2) is 10.3.